The summed E-state index contributed by atoms with van der Waals surface area (Å²) in [6.45, 7) is 1.23. The summed E-state index contributed by atoms with van der Waals surface area (Å²) in [5.41, 5.74) is 1.96. The maximum absolute atomic E-state index is 13.4. The highest BCUT2D eigenvalue weighted by atomic mass is 16.5. The molecule has 180 valence electrons. The molecule has 11 nitrogen and oxygen atoms in total. The van der Waals surface area contributed by atoms with Gasteiger partial charge in [-0.25, -0.2) is 24.9 Å². The number of carbonyl (C=O) groups excluding carboxylic acids is 2. The number of nitrogens with zero attached hydrogens (tertiary/aromatic N) is 6. The number of aromatic nitrogens is 5. The molecule has 1 saturated carbocycles. The van der Waals surface area contributed by atoms with Crippen molar-refractivity contribution in [1.82, 2.24) is 29.8 Å². The number of rotatable bonds is 7. The lowest BCUT2D eigenvalue weighted by Gasteiger charge is -2.31. The Labute approximate surface area is 202 Å². The Morgan fingerprint density at radius 2 is 1.80 bits per heavy atom. The third-order valence-corrected chi connectivity index (χ3v) is 6.14. The fraction of sp³-hybridized carbons (Fsp3) is 0.375. The molecule has 0 spiro atoms. The third-order valence-electron chi connectivity index (χ3n) is 6.14. The van der Waals surface area contributed by atoms with E-state index in [1.165, 1.54) is 12.5 Å². The summed E-state index contributed by atoms with van der Waals surface area (Å²) < 4.78 is 5.41. The number of carbonyl (C=O) groups is 2. The van der Waals surface area contributed by atoms with Gasteiger partial charge in [0.25, 0.3) is 11.8 Å². The maximum Gasteiger partial charge on any atom is 0.278 e. The molecular weight excluding hydrogens is 448 g/mol. The second kappa shape index (κ2) is 10.1. The topological polar surface area (TPSA) is 135 Å². The van der Waals surface area contributed by atoms with E-state index in [0.29, 0.717) is 30.5 Å². The Balaban J connectivity index is 1.40. The van der Waals surface area contributed by atoms with Crippen molar-refractivity contribution in [3.05, 3.63) is 60.3 Å². The van der Waals surface area contributed by atoms with E-state index in [4.69, 9.17) is 4.74 Å². The first-order valence-electron chi connectivity index (χ1n) is 11.6. The van der Waals surface area contributed by atoms with Crippen LogP contribution in [-0.4, -0.2) is 67.9 Å². The van der Waals surface area contributed by atoms with Crippen LogP contribution in [0.5, 0.6) is 0 Å². The molecule has 0 radical (unpaired) electrons. The lowest BCUT2D eigenvalue weighted by atomic mass is 10.1. The van der Waals surface area contributed by atoms with Crippen LogP contribution in [0.1, 0.15) is 58.3 Å². The second-order valence-corrected chi connectivity index (χ2v) is 8.63. The van der Waals surface area contributed by atoms with Gasteiger partial charge in [0.15, 0.2) is 17.2 Å². The largest absolute Gasteiger partial charge is 0.381 e. The van der Waals surface area contributed by atoms with Crippen molar-refractivity contribution in [3.8, 4) is 0 Å². The molecule has 0 atom stereocenters. The minimum atomic E-state index is -0.491. The summed E-state index contributed by atoms with van der Waals surface area (Å²) >= 11 is 0. The van der Waals surface area contributed by atoms with Crippen molar-refractivity contribution in [2.24, 2.45) is 0 Å². The van der Waals surface area contributed by atoms with Crippen LogP contribution >= 0.6 is 0 Å². The normalized spacial score (nSPS) is 15.9. The average molecular weight is 475 g/mol. The Morgan fingerprint density at radius 3 is 2.54 bits per heavy atom. The molecule has 0 unspecified atom stereocenters. The molecule has 11 heteroatoms. The second-order valence-electron chi connectivity index (χ2n) is 8.63. The van der Waals surface area contributed by atoms with Crippen LogP contribution in [-0.2, 0) is 4.74 Å². The van der Waals surface area contributed by atoms with Gasteiger partial charge in [-0.2, -0.15) is 0 Å². The number of hydrogen-bond acceptors (Lipinski definition) is 9. The first-order chi connectivity index (χ1) is 17.1. The number of pyridine rings is 1. The molecule has 5 rings (SSSR count). The van der Waals surface area contributed by atoms with Crippen molar-refractivity contribution in [2.45, 2.75) is 37.6 Å². The van der Waals surface area contributed by atoms with Gasteiger partial charge in [0.05, 0.1) is 35.7 Å². The van der Waals surface area contributed by atoms with Crippen molar-refractivity contribution < 1.29 is 14.3 Å². The molecule has 1 aliphatic heterocycles. The average Bonchev–Trinajstić information content (AvgIpc) is 3.75. The highest BCUT2D eigenvalue weighted by molar-refractivity contribution is 6.09. The molecule has 0 bridgehead atoms. The number of amides is 2. The Kier molecular flexibility index (Phi) is 6.57. The summed E-state index contributed by atoms with van der Waals surface area (Å²) in [6, 6.07) is 3.40. The van der Waals surface area contributed by atoms with Crippen molar-refractivity contribution in [1.29, 1.82) is 0 Å². The van der Waals surface area contributed by atoms with Gasteiger partial charge in [-0.05, 0) is 37.8 Å². The van der Waals surface area contributed by atoms with Crippen molar-refractivity contribution in [2.75, 3.05) is 30.9 Å². The third kappa shape index (κ3) is 5.24. The van der Waals surface area contributed by atoms with Crippen LogP contribution < -0.4 is 10.6 Å². The molecule has 4 heterocycles. The quantitative estimate of drug-likeness (QED) is 0.530. The van der Waals surface area contributed by atoms with E-state index in [2.05, 4.69) is 35.6 Å². The van der Waals surface area contributed by atoms with Gasteiger partial charge in [-0.3, -0.25) is 9.59 Å². The van der Waals surface area contributed by atoms with Gasteiger partial charge in [0.1, 0.15) is 6.33 Å². The zero-order chi connectivity index (χ0) is 24.2. The highest BCUT2D eigenvalue weighted by Gasteiger charge is 2.29. The van der Waals surface area contributed by atoms with Gasteiger partial charge < -0.3 is 20.3 Å². The van der Waals surface area contributed by atoms with E-state index in [-0.39, 0.29) is 29.2 Å². The van der Waals surface area contributed by atoms with Crippen LogP contribution in [0.2, 0.25) is 0 Å². The van der Waals surface area contributed by atoms with E-state index in [9.17, 15) is 9.59 Å². The van der Waals surface area contributed by atoms with Gasteiger partial charge in [0.2, 0.25) is 0 Å². The molecule has 3 aromatic rings. The monoisotopic (exact) mass is 474 g/mol. The predicted octanol–water partition coefficient (Wildman–Crippen LogP) is 2.79. The van der Waals surface area contributed by atoms with Crippen LogP contribution in [0, 0.1) is 0 Å². The predicted molar refractivity (Wildman–Crippen MR) is 127 cm³/mol. The van der Waals surface area contributed by atoms with E-state index in [0.717, 1.165) is 31.4 Å². The number of hydrogen-bond donors (Lipinski definition) is 2. The molecular formula is C24H26N8O3. The summed E-state index contributed by atoms with van der Waals surface area (Å²) in [6.07, 6.45) is 11.4. The molecule has 3 aromatic heterocycles. The van der Waals surface area contributed by atoms with Crippen LogP contribution in [0.15, 0.2) is 43.2 Å². The lowest BCUT2D eigenvalue weighted by Crippen LogP contribution is -2.41. The van der Waals surface area contributed by atoms with Crippen LogP contribution in [0.3, 0.4) is 0 Å². The number of ether oxygens (including phenoxy) is 1. The molecule has 2 aliphatic rings. The Morgan fingerprint density at radius 1 is 1.03 bits per heavy atom. The van der Waals surface area contributed by atoms with Gasteiger partial charge in [-0.15, -0.1) is 0 Å². The maximum atomic E-state index is 13.4. The highest BCUT2D eigenvalue weighted by Crippen LogP contribution is 2.39. The minimum absolute atomic E-state index is 0.0618. The van der Waals surface area contributed by atoms with E-state index < -0.39 is 5.91 Å². The molecule has 1 saturated heterocycles. The minimum Gasteiger partial charge on any atom is -0.381 e. The summed E-state index contributed by atoms with van der Waals surface area (Å²) in [7, 11) is 1.76. The molecule has 2 N–H and O–H groups in total. The zero-order valence-corrected chi connectivity index (χ0v) is 19.3. The number of anilines is 3. The molecule has 2 amide bonds. The summed E-state index contributed by atoms with van der Waals surface area (Å²) in [4.78, 5) is 49.7. The molecule has 2 fully saturated rings. The Bertz CT molecular complexity index is 1210. The first-order valence-corrected chi connectivity index (χ1v) is 11.6. The van der Waals surface area contributed by atoms with E-state index in [1.807, 2.05) is 0 Å². The first kappa shape index (κ1) is 22.8. The summed E-state index contributed by atoms with van der Waals surface area (Å²) in [5, 5.41) is 5.89. The SMILES string of the molecule is CN(C(=O)c1ncccc1NC(=O)c1nc(C2CC2)cnc1Nc1cncnc1)C1CCOCC1. The van der Waals surface area contributed by atoms with Crippen LogP contribution in [0.4, 0.5) is 17.2 Å². The standard InChI is InChI=1S/C24H26N8O3/c1-32(17-6-9-35-10-7-17)24(34)20-18(3-2-8-27-20)31-23(33)21-22(29-16-11-25-14-26-12-16)28-13-19(30-21)15-4-5-15/h2-3,8,11-15,17H,4-7,9-10H2,1H3,(H,28,29)(H,31,33). The van der Waals surface area contributed by atoms with E-state index in [1.54, 1.807) is 42.7 Å². The summed E-state index contributed by atoms with van der Waals surface area (Å²) in [5.74, 6) is -0.162. The lowest BCUT2D eigenvalue weighted by molar-refractivity contribution is 0.0359. The van der Waals surface area contributed by atoms with Gasteiger partial charge in [0, 0.05) is 38.4 Å². The van der Waals surface area contributed by atoms with Crippen LogP contribution in [0.25, 0.3) is 0 Å². The molecule has 0 aromatic carbocycles. The van der Waals surface area contributed by atoms with Gasteiger partial charge in [-0.1, -0.05) is 0 Å². The fourth-order valence-corrected chi connectivity index (χ4v) is 3.99. The van der Waals surface area contributed by atoms with Crippen molar-refractivity contribution in [3.63, 3.8) is 0 Å². The molecule has 35 heavy (non-hydrogen) atoms. The Hall–Kier alpha value is -3.99. The fourth-order valence-electron chi connectivity index (χ4n) is 3.99. The smallest absolute Gasteiger partial charge is 0.278 e. The van der Waals surface area contributed by atoms with Gasteiger partial charge >= 0.3 is 0 Å². The van der Waals surface area contributed by atoms with E-state index >= 15 is 0 Å². The van der Waals surface area contributed by atoms with Crippen molar-refractivity contribution >= 4 is 29.0 Å². The number of nitrogens with one attached hydrogen (secondary N) is 2. The molecule has 1 aliphatic carbocycles. The zero-order valence-electron chi connectivity index (χ0n) is 19.3.